The predicted molar refractivity (Wildman–Crippen MR) is 80.8 cm³/mol. The minimum absolute atomic E-state index is 0.613. The Bertz CT molecular complexity index is 417. The summed E-state index contributed by atoms with van der Waals surface area (Å²) >= 11 is 5.94. The normalized spacial score (nSPS) is 29.2. The number of hydrogen-bond acceptors (Lipinski definition) is 2. The second-order valence-corrected chi connectivity index (χ2v) is 6.54. The van der Waals surface area contributed by atoms with Crippen LogP contribution in [0.1, 0.15) is 31.7 Å². The van der Waals surface area contributed by atoms with Gasteiger partial charge in [-0.15, -0.1) is 0 Å². The zero-order chi connectivity index (χ0) is 13.2. The van der Waals surface area contributed by atoms with E-state index in [1.807, 2.05) is 12.1 Å². The Kier molecular flexibility index (Phi) is 4.11. The first-order valence-corrected chi connectivity index (χ1v) is 7.83. The fraction of sp³-hybridized carbons (Fsp3) is 0.625. The highest BCUT2D eigenvalue weighted by molar-refractivity contribution is 6.30. The lowest BCUT2D eigenvalue weighted by Crippen LogP contribution is -2.41. The summed E-state index contributed by atoms with van der Waals surface area (Å²) < 4.78 is 0. The molecule has 0 radical (unpaired) electrons. The van der Waals surface area contributed by atoms with Gasteiger partial charge in [0.05, 0.1) is 0 Å². The molecule has 2 heterocycles. The molecule has 3 unspecified atom stereocenters. The molecule has 1 aromatic carbocycles. The molecule has 0 saturated carbocycles. The number of benzene rings is 1. The second kappa shape index (κ2) is 5.82. The van der Waals surface area contributed by atoms with Crippen LogP contribution < -0.4 is 5.32 Å². The maximum Gasteiger partial charge on any atom is 0.0406 e. The molecule has 2 saturated heterocycles. The summed E-state index contributed by atoms with van der Waals surface area (Å²) in [5.74, 6) is 0. The van der Waals surface area contributed by atoms with Crippen LogP contribution >= 0.6 is 11.6 Å². The Labute approximate surface area is 121 Å². The van der Waals surface area contributed by atoms with Gasteiger partial charge in [0.1, 0.15) is 0 Å². The summed E-state index contributed by atoms with van der Waals surface area (Å²) in [6.07, 6.45) is 5.16. The molecule has 0 amide bonds. The van der Waals surface area contributed by atoms with Crippen molar-refractivity contribution in [1.29, 1.82) is 0 Å². The van der Waals surface area contributed by atoms with Crippen molar-refractivity contribution in [3.05, 3.63) is 34.9 Å². The molecule has 1 N–H and O–H groups in total. The molecule has 0 spiro atoms. The average Bonchev–Trinajstić information content (AvgIpc) is 2.71. The Morgan fingerprint density at radius 2 is 1.95 bits per heavy atom. The molecular weight excluding hydrogens is 256 g/mol. The largest absolute Gasteiger partial charge is 0.310 e. The molecule has 2 aliphatic heterocycles. The number of hydrogen-bond donors (Lipinski definition) is 1. The number of rotatable bonds is 3. The Balaban J connectivity index is 1.60. The van der Waals surface area contributed by atoms with Crippen molar-refractivity contribution < 1.29 is 0 Å². The van der Waals surface area contributed by atoms with Crippen molar-refractivity contribution in [1.82, 2.24) is 10.2 Å². The van der Waals surface area contributed by atoms with E-state index in [-0.39, 0.29) is 0 Å². The third kappa shape index (κ3) is 3.31. The van der Waals surface area contributed by atoms with Crippen LogP contribution in [-0.2, 0) is 6.42 Å². The summed E-state index contributed by atoms with van der Waals surface area (Å²) in [6.45, 7) is 4.81. The SMILES string of the molecule is CC(Cc1ccc(Cl)cc1)N1CCC2CCC(C1)N2. The molecule has 2 bridgehead atoms. The maximum absolute atomic E-state index is 5.94. The first-order valence-electron chi connectivity index (χ1n) is 7.45. The van der Waals surface area contributed by atoms with Crippen molar-refractivity contribution in [3.63, 3.8) is 0 Å². The molecule has 104 valence electrons. The van der Waals surface area contributed by atoms with Crippen LogP contribution in [0, 0.1) is 0 Å². The number of nitrogens with zero attached hydrogens (tertiary/aromatic N) is 1. The van der Waals surface area contributed by atoms with Crippen molar-refractivity contribution in [2.75, 3.05) is 13.1 Å². The Morgan fingerprint density at radius 1 is 1.21 bits per heavy atom. The quantitative estimate of drug-likeness (QED) is 0.914. The first kappa shape index (κ1) is 13.4. The third-order valence-corrected chi connectivity index (χ3v) is 4.87. The van der Waals surface area contributed by atoms with Gasteiger partial charge in [-0.05, 0) is 56.8 Å². The van der Waals surface area contributed by atoms with Crippen molar-refractivity contribution in [2.45, 2.75) is 50.7 Å². The lowest BCUT2D eigenvalue weighted by Gasteiger charge is -2.30. The van der Waals surface area contributed by atoms with E-state index in [0.29, 0.717) is 6.04 Å². The summed E-state index contributed by atoms with van der Waals surface area (Å²) in [4.78, 5) is 2.66. The molecule has 2 aliphatic rings. The fourth-order valence-electron chi connectivity index (χ4n) is 3.46. The topological polar surface area (TPSA) is 15.3 Å². The van der Waals surface area contributed by atoms with Gasteiger partial charge in [-0.3, -0.25) is 4.90 Å². The summed E-state index contributed by atoms with van der Waals surface area (Å²) in [5.41, 5.74) is 1.39. The van der Waals surface area contributed by atoms with Crippen LogP contribution in [0.2, 0.25) is 5.02 Å². The maximum atomic E-state index is 5.94. The minimum Gasteiger partial charge on any atom is -0.310 e. The average molecular weight is 279 g/mol. The van der Waals surface area contributed by atoms with E-state index in [9.17, 15) is 0 Å². The monoisotopic (exact) mass is 278 g/mol. The minimum atomic E-state index is 0.613. The highest BCUT2D eigenvalue weighted by Crippen LogP contribution is 2.22. The molecule has 1 aromatic rings. The van der Waals surface area contributed by atoms with Gasteiger partial charge < -0.3 is 5.32 Å². The van der Waals surface area contributed by atoms with Gasteiger partial charge in [0.2, 0.25) is 0 Å². The molecule has 3 rings (SSSR count). The van der Waals surface area contributed by atoms with Gasteiger partial charge >= 0.3 is 0 Å². The van der Waals surface area contributed by atoms with E-state index in [0.717, 1.165) is 23.5 Å². The van der Waals surface area contributed by atoms with Crippen LogP contribution in [-0.4, -0.2) is 36.1 Å². The van der Waals surface area contributed by atoms with Gasteiger partial charge in [-0.1, -0.05) is 23.7 Å². The summed E-state index contributed by atoms with van der Waals surface area (Å²) in [5, 5.41) is 4.58. The third-order valence-electron chi connectivity index (χ3n) is 4.62. The molecule has 0 aromatic heterocycles. The van der Waals surface area contributed by atoms with E-state index < -0.39 is 0 Å². The summed E-state index contributed by atoms with van der Waals surface area (Å²) in [6, 6.07) is 10.4. The Morgan fingerprint density at radius 3 is 2.74 bits per heavy atom. The highest BCUT2D eigenvalue weighted by Gasteiger charge is 2.30. The number of halogens is 1. The van der Waals surface area contributed by atoms with Gasteiger partial charge in [0.25, 0.3) is 0 Å². The van der Waals surface area contributed by atoms with Gasteiger partial charge in [-0.2, -0.15) is 0 Å². The highest BCUT2D eigenvalue weighted by atomic mass is 35.5. The smallest absolute Gasteiger partial charge is 0.0406 e. The Hall–Kier alpha value is -0.570. The molecule has 19 heavy (non-hydrogen) atoms. The van der Waals surface area contributed by atoms with Crippen LogP contribution in [0.4, 0.5) is 0 Å². The summed E-state index contributed by atoms with van der Waals surface area (Å²) in [7, 11) is 0. The molecular formula is C16H23ClN2. The lowest BCUT2D eigenvalue weighted by atomic mass is 10.0. The van der Waals surface area contributed by atoms with E-state index in [4.69, 9.17) is 11.6 Å². The van der Waals surface area contributed by atoms with E-state index >= 15 is 0 Å². The van der Waals surface area contributed by atoms with Gasteiger partial charge in [0.15, 0.2) is 0 Å². The van der Waals surface area contributed by atoms with Gasteiger partial charge in [-0.25, -0.2) is 0 Å². The standard InChI is InChI=1S/C16H23ClN2/c1-12(10-13-2-4-14(17)5-3-13)19-9-8-15-6-7-16(11-19)18-15/h2-5,12,15-16,18H,6-11H2,1H3. The van der Waals surface area contributed by atoms with Crippen LogP contribution in [0.5, 0.6) is 0 Å². The van der Waals surface area contributed by atoms with Gasteiger partial charge in [0, 0.05) is 29.7 Å². The zero-order valence-electron chi connectivity index (χ0n) is 11.6. The first-order chi connectivity index (χ1) is 9.20. The molecule has 3 atom stereocenters. The molecule has 2 nitrogen and oxygen atoms in total. The lowest BCUT2D eigenvalue weighted by molar-refractivity contribution is 0.197. The molecule has 3 heteroatoms. The van der Waals surface area contributed by atoms with E-state index in [2.05, 4.69) is 29.3 Å². The van der Waals surface area contributed by atoms with Crippen molar-refractivity contribution in [3.8, 4) is 0 Å². The predicted octanol–water partition coefficient (Wildman–Crippen LogP) is 3.10. The van der Waals surface area contributed by atoms with Crippen LogP contribution in [0.15, 0.2) is 24.3 Å². The number of fused-ring (bicyclic) bond motifs is 2. The van der Waals surface area contributed by atoms with Crippen molar-refractivity contribution >= 4 is 11.6 Å². The van der Waals surface area contributed by atoms with E-state index in [1.54, 1.807) is 0 Å². The number of likely N-dealkylation sites (tertiary alicyclic amines) is 1. The van der Waals surface area contributed by atoms with Crippen molar-refractivity contribution in [2.24, 2.45) is 0 Å². The van der Waals surface area contributed by atoms with Crippen LogP contribution in [0.25, 0.3) is 0 Å². The van der Waals surface area contributed by atoms with Crippen LogP contribution in [0.3, 0.4) is 0 Å². The zero-order valence-corrected chi connectivity index (χ0v) is 12.4. The van der Waals surface area contributed by atoms with E-state index in [1.165, 1.54) is 37.9 Å². The molecule has 2 fully saturated rings. The fourth-order valence-corrected chi connectivity index (χ4v) is 3.59. The number of nitrogens with one attached hydrogen (secondary N) is 1. The second-order valence-electron chi connectivity index (χ2n) is 6.10. The molecule has 0 aliphatic carbocycles.